The predicted molar refractivity (Wildman–Crippen MR) is 148 cm³/mol. The first-order chi connectivity index (χ1) is 19.1. The number of likely N-dealkylation sites (tertiary alicyclic amines) is 1. The lowest BCUT2D eigenvalue weighted by atomic mass is 9.95. The van der Waals surface area contributed by atoms with Crippen LogP contribution in [-0.4, -0.2) is 29.8 Å². The molecule has 1 aliphatic heterocycles. The Morgan fingerprint density at radius 1 is 0.875 bits per heavy atom. The van der Waals surface area contributed by atoms with Crippen LogP contribution in [-0.2, 0) is 6.54 Å². The Bertz CT molecular complexity index is 1430. The number of carbonyl (C=O) groups excluding carboxylic acids is 1. The highest BCUT2D eigenvalue weighted by molar-refractivity contribution is 5.98. The summed E-state index contributed by atoms with van der Waals surface area (Å²) in [5.74, 6) is -5.89. The number of benzene rings is 3. The molecule has 40 heavy (non-hydrogen) atoms. The van der Waals surface area contributed by atoms with Crippen molar-refractivity contribution in [3.05, 3.63) is 83.4 Å². The van der Waals surface area contributed by atoms with Crippen LogP contribution in [0.2, 0.25) is 0 Å². The van der Waals surface area contributed by atoms with E-state index >= 15 is 0 Å². The van der Waals surface area contributed by atoms with E-state index in [0.29, 0.717) is 40.0 Å². The van der Waals surface area contributed by atoms with E-state index in [4.69, 9.17) is 10.2 Å². The Morgan fingerprint density at radius 3 is 2.00 bits per heavy atom. The van der Waals surface area contributed by atoms with Crippen LogP contribution in [0.5, 0.6) is 0 Å². The van der Waals surface area contributed by atoms with Gasteiger partial charge >= 0.3 is 0 Å². The van der Waals surface area contributed by atoms with Gasteiger partial charge in [-0.15, -0.1) is 0 Å². The van der Waals surface area contributed by atoms with Crippen LogP contribution in [0.1, 0.15) is 56.7 Å². The molecule has 1 aromatic heterocycles. The number of fused-ring (bicyclic) bond motifs is 1. The Morgan fingerprint density at radius 2 is 1.45 bits per heavy atom. The van der Waals surface area contributed by atoms with Gasteiger partial charge in [0.2, 0.25) is 0 Å². The highest BCUT2D eigenvalue weighted by atomic mass is 19.3. The van der Waals surface area contributed by atoms with Gasteiger partial charge in [-0.25, -0.2) is 22.0 Å². The average Bonchev–Trinajstić information content (AvgIpc) is 3.38. The second kappa shape index (κ2) is 13.1. The molecule has 1 fully saturated rings. The lowest BCUT2D eigenvalue weighted by Crippen LogP contribution is -2.42. The van der Waals surface area contributed by atoms with Crippen molar-refractivity contribution < 1.29 is 31.2 Å². The van der Waals surface area contributed by atoms with E-state index in [1.807, 2.05) is 27.7 Å². The highest BCUT2D eigenvalue weighted by Crippen LogP contribution is 2.38. The number of carbonyl (C=O) groups is 1. The summed E-state index contributed by atoms with van der Waals surface area (Å²) >= 11 is 0. The first-order valence-corrected chi connectivity index (χ1v) is 13.3. The fourth-order valence-electron chi connectivity index (χ4n) is 4.48. The fraction of sp³-hybridized carbons (Fsp3) is 0.323. The third-order valence-electron chi connectivity index (χ3n) is 6.39. The minimum absolute atomic E-state index is 0.0215. The summed E-state index contributed by atoms with van der Waals surface area (Å²) in [7, 11) is 0. The van der Waals surface area contributed by atoms with Gasteiger partial charge in [0.05, 0.1) is 12.1 Å². The molecule has 0 spiro atoms. The average molecular weight is 561 g/mol. The molecule has 2 N–H and O–H groups in total. The van der Waals surface area contributed by atoms with E-state index in [9.17, 15) is 26.7 Å². The Kier molecular flexibility index (Phi) is 10.1. The molecule has 1 amide bonds. The molecule has 0 atom stereocenters. The smallest absolute Gasteiger partial charge is 0.253 e. The summed E-state index contributed by atoms with van der Waals surface area (Å²) in [5, 5.41) is 0.542. The standard InChI is InChI=1S/C27H21F5N2O2.2C2H6/c28-19-12-22(29)24(23(30)13-19)21-11-17(9-18-10-20(14-33)36-25(18)21)15-1-3-16(4-2-15)26(35)34-7-5-27(31,32)6-8-34;2*1-2/h1-4,9-13H,5-8,14,33H2;2*1-2H3. The normalized spacial score (nSPS) is 14.2. The zero-order valence-corrected chi connectivity index (χ0v) is 23.0. The van der Waals surface area contributed by atoms with Gasteiger partial charge in [-0.1, -0.05) is 39.8 Å². The molecular weight excluding hydrogens is 527 g/mol. The summed E-state index contributed by atoms with van der Waals surface area (Å²) in [6.45, 7) is 8.02. The molecular formula is C31H33F5N2O2. The van der Waals surface area contributed by atoms with Crippen molar-refractivity contribution in [2.24, 2.45) is 5.73 Å². The van der Waals surface area contributed by atoms with Crippen molar-refractivity contribution in [1.82, 2.24) is 4.90 Å². The van der Waals surface area contributed by atoms with E-state index in [2.05, 4.69) is 0 Å². The molecule has 0 radical (unpaired) electrons. The van der Waals surface area contributed by atoms with Crippen molar-refractivity contribution in [3.63, 3.8) is 0 Å². The fourth-order valence-corrected chi connectivity index (χ4v) is 4.48. The molecule has 3 aromatic carbocycles. The molecule has 214 valence electrons. The van der Waals surface area contributed by atoms with Gasteiger partial charge in [-0.2, -0.15) is 0 Å². The van der Waals surface area contributed by atoms with Crippen LogP contribution in [0, 0.1) is 17.5 Å². The number of nitrogens with two attached hydrogens (primary N) is 1. The maximum atomic E-state index is 14.7. The Hall–Kier alpha value is -3.72. The van der Waals surface area contributed by atoms with Crippen LogP contribution >= 0.6 is 0 Å². The monoisotopic (exact) mass is 560 g/mol. The van der Waals surface area contributed by atoms with E-state index in [-0.39, 0.29) is 49.5 Å². The molecule has 5 rings (SSSR count). The van der Waals surface area contributed by atoms with Crippen molar-refractivity contribution in [1.29, 1.82) is 0 Å². The number of rotatable bonds is 4. The molecule has 1 saturated heterocycles. The van der Waals surface area contributed by atoms with Gasteiger partial charge in [0.15, 0.2) is 0 Å². The van der Waals surface area contributed by atoms with Crippen LogP contribution in [0.4, 0.5) is 22.0 Å². The predicted octanol–water partition coefficient (Wildman–Crippen LogP) is 8.57. The molecule has 0 unspecified atom stereocenters. The molecule has 0 saturated carbocycles. The summed E-state index contributed by atoms with van der Waals surface area (Å²) in [6.07, 6.45) is -0.739. The number of halogens is 5. The number of amides is 1. The van der Waals surface area contributed by atoms with E-state index < -0.39 is 28.9 Å². The SMILES string of the molecule is CC.CC.NCc1cc2cc(-c3ccc(C(=O)N4CCC(F)(F)CC4)cc3)cc(-c3c(F)cc(F)cc3F)c2o1. The lowest BCUT2D eigenvalue weighted by molar-refractivity contribution is -0.0494. The summed E-state index contributed by atoms with van der Waals surface area (Å²) in [5.41, 5.74) is 7.09. The van der Waals surface area contributed by atoms with Crippen molar-refractivity contribution in [2.75, 3.05) is 13.1 Å². The maximum absolute atomic E-state index is 14.7. The second-order valence-corrected chi connectivity index (χ2v) is 8.83. The molecule has 2 heterocycles. The van der Waals surface area contributed by atoms with Crippen molar-refractivity contribution in [3.8, 4) is 22.3 Å². The van der Waals surface area contributed by atoms with Gasteiger partial charge in [-0.05, 0) is 41.5 Å². The number of nitrogens with zero attached hydrogens (tertiary/aromatic N) is 1. The van der Waals surface area contributed by atoms with Gasteiger partial charge in [0, 0.05) is 54.6 Å². The zero-order chi connectivity index (χ0) is 29.6. The summed E-state index contributed by atoms with van der Waals surface area (Å²) in [4.78, 5) is 14.2. The molecule has 1 aliphatic rings. The minimum atomic E-state index is -2.75. The Labute approximate surface area is 230 Å². The third-order valence-corrected chi connectivity index (χ3v) is 6.39. The molecule has 4 nitrogen and oxygen atoms in total. The zero-order valence-electron chi connectivity index (χ0n) is 23.0. The molecule has 0 aliphatic carbocycles. The number of hydrogen-bond donors (Lipinski definition) is 1. The quantitative estimate of drug-likeness (QED) is 0.254. The topological polar surface area (TPSA) is 59.5 Å². The van der Waals surface area contributed by atoms with Crippen LogP contribution in [0.3, 0.4) is 0 Å². The van der Waals surface area contributed by atoms with E-state index in [0.717, 1.165) is 0 Å². The summed E-state index contributed by atoms with van der Waals surface area (Å²) in [6, 6.07) is 12.6. The molecule has 4 aromatic rings. The first kappa shape index (κ1) is 30.8. The van der Waals surface area contributed by atoms with Gasteiger partial charge in [0.1, 0.15) is 28.8 Å². The lowest BCUT2D eigenvalue weighted by Gasteiger charge is -2.31. The van der Waals surface area contributed by atoms with E-state index in [1.165, 1.54) is 11.0 Å². The van der Waals surface area contributed by atoms with Crippen LogP contribution in [0.15, 0.2) is 59.0 Å². The largest absolute Gasteiger partial charge is 0.459 e. The number of furan rings is 1. The van der Waals surface area contributed by atoms with Crippen molar-refractivity contribution in [2.45, 2.75) is 53.0 Å². The number of piperidine rings is 1. The maximum Gasteiger partial charge on any atom is 0.253 e. The number of alkyl halides is 2. The van der Waals surface area contributed by atoms with Gasteiger partial charge in [0.25, 0.3) is 11.8 Å². The third kappa shape index (κ3) is 6.53. The van der Waals surface area contributed by atoms with E-state index in [1.54, 1.807) is 36.4 Å². The van der Waals surface area contributed by atoms with Gasteiger partial charge in [-0.3, -0.25) is 4.79 Å². The number of hydrogen-bond acceptors (Lipinski definition) is 3. The molecule has 9 heteroatoms. The summed E-state index contributed by atoms with van der Waals surface area (Å²) < 4.78 is 75.5. The Balaban J connectivity index is 0.00000106. The highest BCUT2D eigenvalue weighted by Gasteiger charge is 2.35. The van der Waals surface area contributed by atoms with Crippen LogP contribution < -0.4 is 5.73 Å². The molecule has 0 bridgehead atoms. The first-order valence-electron chi connectivity index (χ1n) is 13.3. The van der Waals surface area contributed by atoms with Crippen molar-refractivity contribution >= 4 is 16.9 Å². The minimum Gasteiger partial charge on any atom is -0.459 e. The second-order valence-electron chi connectivity index (χ2n) is 8.83. The van der Waals surface area contributed by atoms with Crippen LogP contribution in [0.25, 0.3) is 33.2 Å². The van der Waals surface area contributed by atoms with Gasteiger partial charge < -0.3 is 15.1 Å².